The lowest BCUT2D eigenvalue weighted by molar-refractivity contribution is -0.111. The topological polar surface area (TPSA) is 37.3 Å². The molecule has 0 fully saturated rings. The second-order valence-electron chi connectivity index (χ2n) is 2.18. The molecule has 0 heterocycles. The number of hydrogen-bond donors (Lipinski definition) is 1. The Morgan fingerprint density at radius 3 is 2.50 bits per heavy atom. The Labute approximate surface area is 61.6 Å². The van der Waals surface area contributed by atoms with Crippen LogP contribution in [-0.2, 0) is 4.79 Å². The van der Waals surface area contributed by atoms with E-state index >= 15 is 0 Å². The van der Waals surface area contributed by atoms with Crippen molar-refractivity contribution in [1.82, 2.24) is 0 Å². The van der Waals surface area contributed by atoms with Crippen molar-refractivity contribution in [2.45, 2.75) is 19.3 Å². The molecule has 0 spiro atoms. The smallest absolute Gasteiger partial charge is 0.123 e. The van der Waals surface area contributed by atoms with E-state index in [0.29, 0.717) is 5.92 Å². The van der Waals surface area contributed by atoms with Gasteiger partial charge in [-0.05, 0) is 19.3 Å². The highest BCUT2D eigenvalue weighted by molar-refractivity contribution is 5.54. The minimum Gasteiger partial charge on any atom is -0.400 e. The van der Waals surface area contributed by atoms with Crippen LogP contribution in [0.3, 0.4) is 0 Å². The quantitative estimate of drug-likeness (QED) is 0.440. The van der Waals surface area contributed by atoms with Gasteiger partial charge in [-0.3, -0.25) is 0 Å². The van der Waals surface area contributed by atoms with Crippen molar-refractivity contribution < 1.29 is 9.90 Å². The van der Waals surface area contributed by atoms with Gasteiger partial charge in [-0.25, -0.2) is 0 Å². The number of rotatable bonds is 1. The van der Waals surface area contributed by atoms with Crippen LogP contribution in [-0.4, -0.2) is 18.5 Å². The maximum atomic E-state index is 10.1. The molecule has 0 saturated carbocycles. The van der Waals surface area contributed by atoms with Crippen molar-refractivity contribution in [2.24, 2.45) is 5.92 Å². The molecule has 2 heteroatoms. The van der Waals surface area contributed by atoms with Gasteiger partial charge in [0.15, 0.2) is 0 Å². The minimum absolute atomic E-state index is 0.319. The zero-order chi connectivity index (χ0) is 7.82. The number of hydrogen-bond acceptors (Lipinski definition) is 2. The first-order valence-electron chi connectivity index (χ1n) is 3.48. The third-order valence-electron chi connectivity index (χ3n) is 1.50. The summed E-state index contributed by atoms with van der Waals surface area (Å²) in [5.74, 6) is 0.319. The number of carbonyl (C=O) groups excluding carboxylic acids is 1. The van der Waals surface area contributed by atoms with Gasteiger partial charge in [0.05, 0.1) is 0 Å². The van der Waals surface area contributed by atoms with Gasteiger partial charge in [0, 0.05) is 13.0 Å². The summed E-state index contributed by atoms with van der Waals surface area (Å²) in [7, 11) is 1.00. The molecule has 1 N–H and O–H groups in total. The van der Waals surface area contributed by atoms with Crippen LogP contribution in [0.25, 0.3) is 0 Å². The first-order valence-corrected chi connectivity index (χ1v) is 3.48. The molecule has 1 aliphatic rings. The van der Waals surface area contributed by atoms with Crippen LogP contribution in [0.2, 0.25) is 0 Å². The predicted octanol–water partition coefficient (Wildman–Crippen LogP) is 1.15. The Kier molecular flexibility index (Phi) is 6.08. The summed E-state index contributed by atoms with van der Waals surface area (Å²) in [6, 6.07) is 0. The summed E-state index contributed by atoms with van der Waals surface area (Å²) in [6.07, 6.45) is 8.39. The molecule has 0 bridgehead atoms. The van der Waals surface area contributed by atoms with Crippen molar-refractivity contribution >= 4 is 6.29 Å². The summed E-state index contributed by atoms with van der Waals surface area (Å²) < 4.78 is 0. The summed E-state index contributed by atoms with van der Waals surface area (Å²) in [5.41, 5.74) is 0. The van der Waals surface area contributed by atoms with Crippen LogP contribution < -0.4 is 0 Å². The Balaban J connectivity index is 0.000000371. The predicted molar refractivity (Wildman–Crippen MR) is 40.7 cm³/mol. The van der Waals surface area contributed by atoms with Crippen LogP contribution >= 0.6 is 0 Å². The number of aliphatic hydroxyl groups is 1. The highest BCUT2D eigenvalue weighted by Gasteiger charge is 2.05. The number of aliphatic hydroxyl groups excluding tert-OH is 1. The molecular weight excluding hydrogens is 128 g/mol. The van der Waals surface area contributed by atoms with Gasteiger partial charge in [-0.15, -0.1) is 0 Å². The van der Waals surface area contributed by atoms with Crippen LogP contribution in [0.4, 0.5) is 0 Å². The highest BCUT2D eigenvalue weighted by atomic mass is 16.2. The fraction of sp³-hybridized carbons (Fsp3) is 0.625. The van der Waals surface area contributed by atoms with Gasteiger partial charge in [-0.2, -0.15) is 0 Å². The van der Waals surface area contributed by atoms with Gasteiger partial charge < -0.3 is 9.90 Å². The standard InChI is InChI=1S/C7H10O.CH4O/c8-6-7-4-2-1-3-5-7;1-2/h1-2,6-7H,3-5H2;2H,1H3. The van der Waals surface area contributed by atoms with Gasteiger partial charge in [0.1, 0.15) is 6.29 Å². The Bertz CT molecular complexity index is 108. The van der Waals surface area contributed by atoms with E-state index < -0.39 is 0 Å². The van der Waals surface area contributed by atoms with E-state index in [1.54, 1.807) is 0 Å². The molecule has 2 nitrogen and oxygen atoms in total. The van der Waals surface area contributed by atoms with Crippen LogP contribution in [0, 0.1) is 5.92 Å². The fourth-order valence-electron chi connectivity index (χ4n) is 0.941. The van der Waals surface area contributed by atoms with E-state index in [2.05, 4.69) is 12.2 Å². The normalized spacial score (nSPS) is 22.8. The lowest BCUT2D eigenvalue weighted by Gasteiger charge is -2.08. The average molecular weight is 142 g/mol. The molecule has 0 aliphatic heterocycles. The molecule has 1 rings (SSSR count). The van der Waals surface area contributed by atoms with Crippen molar-refractivity contribution in [2.75, 3.05) is 7.11 Å². The first kappa shape index (κ1) is 9.37. The van der Waals surface area contributed by atoms with E-state index in [4.69, 9.17) is 5.11 Å². The molecule has 0 aromatic rings. The van der Waals surface area contributed by atoms with E-state index in [9.17, 15) is 4.79 Å². The van der Waals surface area contributed by atoms with Crippen LogP contribution in [0.5, 0.6) is 0 Å². The van der Waals surface area contributed by atoms with Crippen molar-refractivity contribution in [3.05, 3.63) is 12.2 Å². The van der Waals surface area contributed by atoms with Crippen molar-refractivity contribution in [1.29, 1.82) is 0 Å². The van der Waals surface area contributed by atoms with E-state index in [-0.39, 0.29) is 0 Å². The Morgan fingerprint density at radius 1 is 1.50 bits per heavy atom. The Morgan fingerprint density at radius 2 is 2.20 bits per heavy atom. The number of carbonyl (C=O) groups is 1. The summed E-state index contributed by atoms with van der Waals surface area (Å²) in [6.45, 7) is 0. The molecule has 1 unspecified atom stereocenters. The van der Waals surface area contributed by atoms with Gasteiger partial charge in [-0.1, -0.05) is 12.2 Å². The Hall–Kier alpha value is -0.630. The monoisotopic (exact) mass is 142 g/mol. The molecule has 0 aromatic heterocycles. The second-order valence-corrected chi connectivity index (χ2v) is 2.18. The maximum Gasteiger partial charge on any atom is 0.123 e. The molecule has 0 radical (unpaired) electrons. The van der Waals surface area contributed by atoms with Gasteiger partial charge in [0.2, 0.25) is 0 Å². The first-order chi connectivity index (χ1) is 4.93. The molecule has 10 heavy (non-hydrogen) atoms. The summed E-state index contributed by atoms with van der Waals surface area (Å²) in [4.78, 5) is 10.1. The molecular formula is C8H14O2. The van der Waals surface area contributed by atoms with E-state index in [0.717, 1.165) is 32.7 Å². The summed E-state index contributed by atoms with van der Waals surface area (Å²) >= 11 is 0. The largest absolute Gasteiger partial charge is 0.400 e. The fourth-order valence-corrected chi connectivity index (χ4v) is 0.941. The van der Waals surface area contributed by atoms with Crippen molar-refractivity contribution in [3.63, 3.8) is 0 Å². The molecule has 1 aliphatic carbocycles. The highest BCUT2D eigenvalue weighted by Crippen LogP contribution is 2.14. The SMILES string of the molecule is CO.O=CC1CC=CCC1. The number of aldehydes is 1. The lowest BCUT2D eigenvalue weighted by atomic mass is 9.96. The molecule has 1 atom stereocenters. The second kappa shape index (κ2) is 6.49. The lowest BCUT2D eigenvalue weighted by Crippen LogP contribution is -2.02. The molecule has 58 valence electrons. The van der Waals surface area contributed by atoms with Gasteiger partial charge in [0.25, 0.3) is 0 Å². The molecule has 0 saturated heterocycles. The number of allylic oxidation sites excluding steroid dienone is 2. The van der Waals surface area contributed by atoms with Gasteiger partial charge >= 0.3 is 0 Å². The molecule has 0 aromatic carbocycles. The molecule has 0 amide bonds. The third-order valence-corrected chi connectivity index (χ3v) is 1.50. The van der Waals surface area contributed by atoms with E-state index in [1.165, 1.54) is 0 Å². The zero-order valence-corrected chi connectivity index (χ0v) is 6.29. The third kappa shape index (κ3) is 3.41. The van der Waals surface area contributed by atoms with Crippen LogP contribution in [0.15, 0.2) is 12.2 Å². The zero-order valence-electron chi connectivity index (χ0n) is 6.29. The van der Waals surface area contributed by atoms with Crippen LogP contribution in [0.1, 0.15) is 19.3 Å². The maximum absolute atomic E-state index is 10.1. The summed E-state index contributed by atoms with van der Waals surface area (Å²) in [5, 5.41) is 7.00. The van der Waals surface area contributed by atoms with Crippen molar-refractivity contribution in [3.8, 4) is 0 Å². The minimum atomic E-state index is 0.319. The van der Waals surface area contributed by atoms with E-state index in [1.807, 2.05) is 0 Å². The average Bonchev–Trinajstić information content (AvgIpc) is 2.10.